The lowest BCUT2D eigenvalue weighted by Crippen LogP contribution is -1.83. The molecule has 0 bridgehead atoms. The van der Waals surface area contributed by atoms with Crippen molar-refractivity contribution in [2.75, 3.05) is 17.3 Å². The molecule has 0 aromatic heterocycles. The SMILES string of the molecule is CCSCCSP(=O)(O)O. The van der Waals surface area contributed by atoms with E-state index in [1.54, 1.807) is 11.8 Å². The van der Waals surface area contributed by atoms with Crippen molar-refractivity contribution in [1.82, 2.24) is 0 Å². The molecule has 0 aromatic rings. The van der Waals surface area contributed by atoms with Crippen LogP contribution in [0.4, 0.5) is 0 Å². The summed E-state index contributed by atoms with van der Waals surface area (Å²) in [5.74, 6) is 2.34. The van der Waals surface area contributed by atoms with E-state index in [0.29, 0.717) is 5.75 Å². The van der Waals surface area contributed by atoms with Crippen LogP contribution in [0.2, 0.25) is 0 Å². The summed E-state index contributed by atoms with van der Waals surface area (Å²) in [5.41, 5.74) is 0. The molecule has 0 radical (unpaired) electrons. The van der Waals surface area contributed by atoms with Crippen molar-refractivity contribution in [2.24, 2.45) is 0 Å². The van der Waals surface area contributed by atoms with Gasteiger partial charge in [0.1, 0.15) is 0 Å². The number of hydrogen-bond donors (Lipinski definition) is 2. The molecule has 0 spiro atoms. The van der Waals surface area contributed by atoms with Gasteiger partial charge in [-0.1, -0.05) is 6.92 Å². The first-order valence-corrected chi connectivity index (χ1v) is 7.20. The van der Waals surface area contributed by atoms with Crippen molar-refractivity contribution in [2.45, 2.75) is 6.92 Å². The van der Waals surface area contributed by atoms with E-state index < -0.39 is 6.80 Å². The van der Waals surface area contributed by atoms with Crippen LogP contribution < -0.4 is 0 Å². The lowest BCUT2D eigenvalue weighted by molar-refractivity contribution is 0.397. The van der Waals surface area contributed by atoms with Gasteiger partial charge in [-0.3, -0.25) is 0 Å². The fourth-order valence-electron chi connectivity index (χ4n) is 0.359. The summed E-state index contributed by atoms with van der Waals surface area (Å²) in [6.45, 7) is -1.78. The van der Waals surface area contributed by atoms with Crippen LogP contribution in [0.3, 0.4) is 0 Å². The Balaban J connectivity index is 3.13. The number of thioether (sulfide) groups is 1. The van der Waals surface area contributed by atoms with Crippen molar-refractivity contribution < 1.29 is 14.4 Å². The Hall–Kier alpha value is 0.850. The molecule has 0 heterocycles. The molecule has 0 aliphatic carbocycles. The number of rotatable bonds is 5. The lowest BCUT2D eigenvalue weighted by atomic mass is 10.9. The maximum Gasteiger partial charge on any atom is 0.384 e. The smallest absolute Gasteiger partial charge is 0.317 e. The van der Waals surface area contributed by atoms with Gasteiger partial charge in [0.2, 0.25) is 0 Å². The predicted octanol–water partition coefficient (Wildman–Crippen LogP) is 1.57. The first kappa shape index (κ1) is 10.8. The van der Waals surface area contributed by atoms with E-state index in [2.05, 4.69) is 0 Å². The fraction of sp³-hybridized carbons (Fsp3) is 1.00. The Kier molecular flexibility index (Phi) is 5.96. The fourth-order valence-corrected chi connectivity index (χ4v) is 3.04. The van der Waals surface area contributed by atoms with Gasteiger partial charge >= 0.3 is 6.80 Å². The zero-order valence-electron chi connectivity index (χ0n) is 5.69. The molecule has 0 aliphatic heterocycles. The van der Waals surface area contributed by atoms with Gasteiger partial charge < -0.3 is 9.79 Å². The molecule has 0 aromatic carbocycles. The molecule has 2 N–H and O–H groups in total. The molecule has 0 saturated heterocycles. The zero-order chi connectivity index (χ0) is 8.04. The van der Waals surface area contributed by atoms with Crippen molar-refractivity contribution in [3.8, 4) is 0 Å². The second kappa shape index (κ2) is 5.49. The second-order valence-electron chi connectivity index (χ2n) is 1.52. The summed E-state index contributed by atoms with van der Waals surface area (Å²) >= 11 is 2.40. The van der Waals surface area contributed by atoms with Gasteiger partial charge in [-0.15, -0.1) is 0 Å². The maximum atomic E-state index is 10.2. The highest BCUT2D eigenvalue weighted by Gasteiger charge is 2.11. The average molecular weight is 202 g/mol. The van der Waals surface area contributed by atoms with Crippen molar-refractivity contribution in [3.63, 3.8) is 0 Å². The molecule has 0 aliphatic rings. The molecule has 0 amide bonds. The monoisotopic (exact) mass is 202 g/mol. The van der Waals surface area contributed by atoms with E-state index in [1.165, 1.54) is 0 Å². The van der Waals surface area contributed by atoms with Crippen LogP contribution in [0, 0.1) is 0 Å². The minimum atomic E-state index is -3.80. The molecule has 6 heteroatoms. The van der Waals surface area contributed by atoms with Crippen LogP contribution in [0.15, 0.2) is 0 Å². The minimum absolute atomic E-state index is 0.531. The standard InChI is InChI=1S/C4H11O3PS2/c1-2-9-3-4-10-8(5,6)7/h2-4H2,1H3,(H2,5,6,7). The van der Waals surface area contributed by atoms with E-state index >= 15 is 0 Å². The lowest BCUT2D eigenvalue weighted by Gasteiger charge is -2.00. The van der Waals surface area contributed by atoms with Crippen LogP contribution in [-0.4, -0.2) is 27.0 Å². The minimum Gasteiger partial charge on any atom is -0.317 e. The molecule has 3 nitrogen and oxygen atoms in total. The van der Waals surface area contributed by atoms with E-state index in [1.807, 2.05) is 6.92 Å². The van der Waals surface area contributed by atoms with E-state index in [4.69, 9.17) is 9.79 Å². The van der Waals surface area contributed by atoms with Crippen molar-refractivity contribution in [3.05, 3.63) is 0 Å². The molecule has 0 atom stereocenters. The summed E-state index contributed by atoms with van der Waals surface area (Å²) in [5, 5.41) is 0. The maximum absolute atomic E-state index is 10.2. The third-order valence-corrected chi connectivity index (χ3v) is 4.13. The Morgan fingerprint density at radius 1 is 1.40 bits per heavy atom. The van der Waals surface area contributed by atoms with Gasteiger partial charge in [0.05, 0.1) is 0 Å². The summed E-state index contributed by atoms with van der Waals surface area (Å²) in [4.78, 5) is 16.8. The molecule has 0 saturated carbocycles. The molecule has 0 unspecified atom stereocenters. The Morgan fingerprint density at radius 3 is 2.40 bits per heavy atom. The first-order chi connectivity index (χ1) is 4.56. The van der Waals surface area contributed by atoms with Gasteiger partial charge in [0, 0.05) is 11.5 Å². The third kappa shape index (κ3) is 8.85. The summed E-state index contributed by atoms with van der Waals surface area (Å²) in [6, 6.07) is 0. The summed E-state index contributed by atoms with van der Waals surface area (Å²) in [6.07, 6.45) is 0. The first-order valence-electron chi connectivity index (χ1n) is 2.84. The van der Waals surface area contributed by atoms with Gasteiger partial charge in [0.25, 0.3) is 0 Å². The Labute approximate surface area is 68.9 Å². The quantitative estimate of drug-likeness (QED) is 0.523. The topological polar surface area (TPSA) is 57.5 Å². The van der Waals surface area contributed by atoms with Crippen LogP contribution >= 0.6 is 29.9 Å². The largest absolute Gasteiger partial charge is 0.384 e. The molecular weight excluding hydrogens is 191 g/mol. The van der Waals surface area contributed by atoms with Gasteiger partial charge in [-0.05, 0) is 17.1 Å². The molecule has 10 heavy (non-hydrogen) atoms. The highest BCUT2D eigenvalue weighted by molar-refractivity contribution is 8.54. The Bertz CT molecular complexity index is 124. The summed E-state index contributed by atoms with van der Waals surface area (Å²) in [7, 11) is 0. The highest BCUT2D eigenvalue weighted by atomic mass is 32.7. The molecule has 62 valence electrons. The Morgan fingerprint density at radius 2 is 2.00 bits per heavy atom. The normalized spacial score (nSPS) is 11.9. The number of hydrogen-bond acceptors (Lipinski definition) is 3. The molecular formula is C4H11O3PS2. The van der Waals surface area contributed by atoms with Crippen LogP contribution in [0.5, 0.6) is 0 Å². The summed E-state index contributed by atoms with van der Waals surface area (Å²) < 4.78 is 10.2. The van der Waals surface area contributed by atoms with Crippen LogP contribution in [0.1, 0.15) is 6.92 Å². The van der Waals surface area contributed by atoms with E-state index in [9.17, 15) is 4.57 Å². The van der Waals surface area contributed by atoms with E-state index in [0.717, 1.165) is 22.9 Å². The van der Waals surface area contributed by atoms with Gasteiger partial charge in [0.15, 0.2) is 0 Å². The van der Waals surface area contributed by atoms with Gasteiger partial charge in [-0.2, -0.15) is 11.8 Å². The third-order valence-electron chi connectivity index (χ3n) is 0.691. The zero-order valence-corrected chi connectivity index (χ0v) is 8.22. The average Bonchev–Trinajstić information content (AvgIpc) is 1.78. The van der Waals surface area contributed by atoms with E-state index in [-0.39, 0.29) is 0 Å². The second-order valence-corrected chi connectivity index (χ2v) is 6.76. The van der Waals surface area contributed by atoms with Crippen LogP contribution in [0.25, 0.3) is 0 Å². The predicted molar refractivity (Wildman–Crippen MR) is 47.5 cm³/mol. The molecule has 0 fully saturated rings. The van der Waals surface area contributed by atoms with Crippen LogP contribution in [-0.2, 0) is 4.57 Å². The van der Waals surface area contributed by atoms with Crippen molar-refractivity contribution in [1.29, 1.82) is 0 Å². The highest BCUT2D eigenvalue weighted by Crippen LogP contribution is 2.50. The van der Waals surface area contributed by atoms with Gasteiger partial charge in [-0.25, -0.2) is 4.57 Å². The van der Waals surface area contributed by atoms with Crippen molar-refractivity contribution >= 4 is 29.9 Å². The molecule has 0 rings (SSSR count).